The van der Waals surface area contributed by atoms with Gasteiger partial charge >= 0.3 is 5.97 Å². The maximum atomic E-state index is 11.9. The second-order valence-corrected chi connectivity index (χ2v) is 7.02. The summed E-state index contributed by atoms with van der Waals surface area (Å²) in [6.45, 7) is 6.75. The van der Waals surface area contributed by atoms with Gasteiger partial charge in [-0.15, -0.1) is 0 Å². The minimum Gasteiger partial charge on any atom is -0.454 e. The Hall–Kier alpha value is -0.920. The highest BCUT2D eigenvalue weighted by atomic mass is 32.2. The Balaban J connectivity index is 1.95. The molecular weight excluding hydrogens is 260 g/mol. The number of fused-ring (bicyclic) bond motifs is 1. The van der Waals surface area contributed by atoms with Crippen LogP contribution >= 0.6 is 0 Å². The van der Waals surface area contributed by atoms with Crippen LogP contribution in [-0.4, -0.2) is 43.5 Å². The number of carbonyl (C=O) groups excluding carboxylic acids is 1. The summed E-state index contributed by atoms with van der Waals surface area (Å²) in [4.78, 5) is 11.6. The van der Waals surface area contributed by atoms with Crippen molar-refractivity contribution in [3.05, 3.63) is 12.2 Å². The third-order valence-electron chi connectivity index (χ3n) is 3.78. The topological polar surface area (TPSA) is 78.9 Å². The first-order valence-corrected chi connectivity index (χ1v) is 7.18. The van der Waals surface area contributed by atoms with Crippen LogP contribution in [0.1, 0.15) is 20.3 Å². The van der Waals surface area contributed by atoms with E-state index in [4.69, 9.17) is 13.7 Å². The number of esters is 1. The molecule has 3 saturated heterocycles. The highest BCUT2D eigenvalue weighted by Crippen LogP contribution is 2.53. The highest BCUT2D eigenvalue weighted by Gasteiger charge is 2.72. The van der Waals surface area contributed by atoms with E-state index in [1.807, 2.05) is 0 Å². The summed E-state index contributed by atoms with van der Waals surface area (Å²) in [5.41, 5.74) is -0.552. The third kappa shape index (κ3) is 1.41. The van der Waals surface area contributed by atoms with Gasteiger partial charge in [-0.2, -0.15) is 8.42 Å². The zero-order valence-electron chi connectivity index (χ0n) is 10.1. The van der Waals surface area contributed by atoms with Gasteiger partial charge in [0, 0.05) is 12.0 Å². The molecule has 0 saturated carbocycles. The number of carbonyl (C=O) groups is 1. The summed E-state index contributed by atoms with van der Waals surface area (Å²) in [5.74, 6) is -0.601. The van der Waals surface area contributed by atoms with Crippen LogP contribution in [0.2, 0.25) is 0 Å². The van der Waals surface area contributed by atoms with E-state index < -0.39 is 45.3 Å². The Bertz CT molecular complexity index is 534. The Kier molecular flexibility index (Phi) is 2.25. The molecule has 3 heterocycles. The van der Waals surface area contributed by atoms with Crippen molar-refractivity contribution in [3.8, 4) is 0 Å². The van der Waals surface area contributed by atoms with Crippen LogP contribution in [-0.2, 0) is 28.6 Å². The molecule has 6 nitrogen and oxygen atoms in total. The molecule has 3 fully saturated rings. The molecule has 0 amide bonds. The van der Waals surface area contributed by atoms with Gasteiger partial charge in [-0.25, -0.2) is 4.79 Å². The van der Waals surface area contributed by atoms with Crippen molar-refractivity contribution in [1.82, 2.24) is 0 Å². The lowest BCUT2D eigenvalue weighted by Crippen LogP contribution is -2.48. The van der Waals surface area contributed by atoms with Gasteiger partial charge in [-0.1, -0.05) is 6.58 Å². The molecule has 0 aromatic rings. The standard InChI is InChI=1S/C11H14O6S/c1-5(2)10(12)15-9-8-7-6(17-18(8,13)14)4-11(9,3)16-7/h6-9H,1,4H2,2-3H3. The van der Waals surface area contributed by atoms with Crippen molar-refractivity contribution in [2.75, 3.05) is 0 Å². The van der Waals surface area contributed by atoms with E-state index in [0.29, 0.717) is 6.42 Å². The van der Waals surface area contributed by atoms with Crippen molar-refractivity contribution in [3.63, 3.8) is 0 Å². The number of rotatable bonds is 2. The molecule has 0 spiro atoms. The summed E-state index contributed by atoms with van der Waals surface area (Å²) >= 11 is 0. The van der Waals surface area contributed by atoms with Crippen molar-refractivity contribution in [1.29, 1.82) is 0 Å². The zero-order chi connectivity index (χ0) is 13.3. The van der Waals surface area contributed by atoms with Gasteiger partial charge in [0.15, 0.2) is 11.4 Å². The first-order chi connectivity index (χ1) is 8.24. The molecule has 100 valence electrons. The average molecular weight is 274 g/mol. The van der Waals surface area contributed by atoms with E-state index in [2.05, 4.69) is 6.58 Å². The Morgan fingerprint density at radius 3 is 2.78 bits per heavy atom. The molecule has 3 rings (SSSR count). The van der Waals surface area contributed by atoms with Gasteiger partial charge in [0.25, 0.3) is 10.1 Å². The zero-order valence-corrected chi connectivity index (χ0v) is 10.9. The number of ether oxygens (including phenoxy) is 2. The molecule has 0 aliphatic carbocycles. The second-order valence-electron chi connectivity index (χ2n) is 5.30. The van der Waals surface area contributed by atoms with Crippen LogP contribution in [0.5, 0.6) is 0 Å². The molecule has 3 aliphatic heterocycles. The van der Waals surface area contributed by atoms with E-state index in [1.165, 1.54) is 6.92 Å². The summed E-state index contributed by atoms with van der Waals surface area (Å²) in [6, 6.07) is 0. The van der Waals surface area contributed by atoms with Gasteiger partial charge in [0.05, 0.1) is 0 Å². The molecule has 5 unspecified atom stereocenters. The molecule has 2 bridgehead atoms. The third-order valence-corrected chi connectivity index (χ3v) is 5.47. The normalized spacial score (nSPS) is 47.2. The van der Waals surface area contributed by atoms with Crippen LogP contribution in [0.3, 0.4) is 0 Å². The van der Waals surface area contributed by atoms with Crippen LogP contribution < -0.4 is 0 Å². The lowest BCUT2D eigenvalue weighted by molar-refractivity contribution is -0.151. The Labute approximate surface area is 105 Å². The smallest absolute Gasteiger partial charge is 0.333 e. The van der Waals surface area contributed by atoms with Crippen LogP contribution in [0.15, 0.2) is 12.2 Å². The largest absolute Gasteiger partial charge is 0.454 e. The lowest BCUT2D eigenvalue weighted by atomic mass is 9.85. The SMILES string of the molecule is C=C(C)C(=O)OC1C2C3OC1(C)CC3OS2(=O)=O. The second kappa shape index (κ2) is 3.34. The fourth-order valence-corrected chi connectivity index (χ4v) is 4.84. The minimum atomic E-state index is -3.72. The van der Waals surface area contributed by atoms with E-state index >= 15 is 0 Å². The van der Waals surface area contributed by atoms with Crippen LogP contribution in [0.4, 0.5) is 0 Å². The Morgan fingerprint density at radius 1 is 1.50 bits per heavy atom. The van der Waals surface area contributed by atoms with E-state index in [9.17, 15) is 13.2 Å². The maximum Gasteiger partial charge on any atom is 0.333 e. The van der Waals surface area contributed by atoms with E-state index in [-0.39, 0.29) is 5.57 Å². The first kappa shape index (κ1) is 12.1. The molecule has 7 heteroatoms. The summed E-state index contributed by atoms with van der Waals surface area (Å²) < 4.78 is 39.7. The van der Waals surface area contributed by atoms with Gasteiger partial charge in [-0.05, 0) is 13.8 Å². The van der Waals surface area contributed by atoms with Crippen molar-refractivity contribution < 1.29 is 26.9 Å². The molecule has 0 radical (unpaired) electrons. The predicted molar refractivity (Wildman–Crippen MR) is 60.2 cm³/mol. The van der Waals surface area contributed by atoms with Gasteiger partial charge < -0.3 is 9.47 Å². The fraction of sp³-hybridized carbons (Fsp3) is 0.727. The molecule has 0 aromatic carbocycles. The predicted octanol–water partition coefficient (Wildman–Crippen LogP) is 0.133. The van der Waals surface area contributed by atoms with Gasteiger partial charge in [0.2, 0.25) is 0 Å². The summed E-state index contributed by atoms with van der Waals surface area (Å²) in [7, 11) is -3.72. The molecule has 0 aromatic heterocycles. The molecule has 3 aliphatic rings. The van der Waals surface area contributed by atoms with Crippen molar-refractivity contribution in [2.24, 2.45) is 0 Å². The summed E-state index contributed by atoms with van der Waals surface area (Å²) in [6.07, 6.45) is -1.37. The molecular formula is C11H14O6S. The first-order valence-electron chi connectivity index (χ1n) is 5.71. The fourth-order valence-electron chi connectivity index (χ4n) is 2.98. The molecule has 5 atom stereocenters. The monoisotopic (exact) mass is 274 g/mol. The van der Waals surface area contributed by atoms with E-state index in [0.717, 1.165) is 0 Å². The quantitative estimate of drug-likeness (QED) is 0.405. The van der Waals surface area contributed by atoms with Gasteiger partial charge in [0.1, 0.15) is 17.8 Å². The van der Waals surface area contributed by atoms with Crippen LogP contribution in [0, 0.1) is 0 Å². The maximum absolute atomic E-state index is 11.9. The molecule has 18 heavy (non-hydrogen) atoms. The Morgan fingerprint density at radius 2 is 2.17 bits per heavy atom. The average Bonchev–Trinajstić information content (AvgIpc) is 2.72. The van der Waals surface area contributed by atoms with E-state index in [1.54, 1.807) is 6.92 Å². The number of hydrogen-bond donors (Lipinski definition) is 0. The van der Waals surface area contributed by atoms with Crippen LogP contribution in [0.25, 0.3) is 0 Å². The van der Waals surface area contributed by atoms with Crippen molar-refractivity contribution >= 4 is 16.1 Å². The lowest BCUT2D eigenvalue weighted by Gasteiger charge is -2.29. The van der Waals surface area contributed by atoms with Crippen molar-refractivity contribution in [2.45, 2.75) is 49.4 Å². The number of hydrogen-bond acceptors (Lipinski definition) is 6. The molecule has 0 N–H and O–H groups in total. The highest BCUT2D eigenvalue weighted by molar-refractivity contribution is 7.87. The van der Waals surface area contributed by atoms with Gasteiger partial charge in [-0.3, -0.25) is 4.18 Å². The summed E-state index contributed by atoms with van der Waals surface area (Å²) in [5, 5.41) is -0.912. The minimum absolute atomic E-state index is 0.231.